The largest absolute Gasteiger partial charge is 0.392 e. The molecule has 17 heavy (non-hydrogen) atoms. The summed E-state index contributed by atoms with van der Waals surface area (Å²) in [6.45, 7) is 6.08. The average molecular weight is 256 g/mol. The predicted octanol–water partition coefficient (Wildman–Crippen LogP) is 2.26. The van der Waals surface area contributed by atoms with Crippen molar-refractivity contribution in [3.63, 3.8) is 0 Å². The van der Waals surface area contributed by atoms with Crippen molar-refractivity contribution >= 4 is 17.4 Å². The zero-order valence-electron chi connectivity index (χ0n) is 10.4. The molecule has 0 bridgehead atoms. The van der Waals surface area contributed by atoms with Crippen molar-refractivity contribution in [2.24, 2.45) is 5.41 Å². The molecule has 1 aromatic heterocycles. The molecule has 94 valence electrons. The van der Waals surface area contributed by atoms with Crippen LogP contribution in [0.25, 0.3) is 0 Å². The standard InChI is InChI=1S/C12H18ClN3O/c1-4-10-15-9(13)6-11(16-10)14-7-5-8(17)12(7,2)3/h6-8,17H,4-5H2,1-3H3,(H,14,15,16). The van der Waals surface area contributed by atoms with E-state index in [9.17, 15) is 5.11 Å². The van der Waals surface area contributed by atoms with E-state index in [1.807, 2.05) is 20.8 Å². The van der Waals surface area contributed by atoms with Gasteiger partial charge < -0.3 is 10.4 Å². The monoisotopic (exact) mass is 255 g/mol. The molecular weight excluding hydrogens is 238 g/mol. The van der Waals surface area contributed by atoms with Crippen LogP contribution in [0, 0.1) is 5.41 Å². The molecule has 0 amide bonds. The molecule has 1 aliphatic carbocycles. The number of hydrogen-bond acceptors (Lipinski definition) is 4. The molecule has 1 saturated carbocycles. The fourth-order valence-electron chi connectivity index (χ4n) is 2.02. The minimum atomic E-state index is -0.247. The van der Waals surface area contributed by atoms with Gasteiger partial charge in [-0.3, -0.25) is 0 Å². The second-order valence-electron chi connectivity index (χ2n) is 5.12. The number of aliphatic hydroxyl groups excluding tert-OH is 1. The van der Waals surface area contributed by atoms with Crippen molar-refractivity contribution in [3.8, 4) is 0 Å². The summed E-state index contributed by atoms with van der Waals surface area (Å²) in [5.74, 6) is 1.48. The van der Waals surface area contributed by atoms with E-state index < -0.39 is 0 Å². The second kappa shape index (κ2) is 4.42. The highest BCUT2D eigenvalue weighted by Gasteiger charge is 2.47. The van der Waals surface area contributed by atoms with Crippen molar-refractivity contribution in [1.29, 1.82) is 0 Å². The van der Waals surface area contributed by atoms with E-state index in [2.05, 4.69) is 15.3 Å². The molecule has 0 aromatic carbocycles. The summed E-state index contributed by atoms with van der Waals surface area (Å²) in [7, 11) is 0. The van der Waals surface area contributed by atoms with Crippen molar-refractivity contribution in [3.05, 3.63) is 17.0 Å². The molecule has 2 atom stereocenters. The topological polar surface area (TPSA) is 58.0 Å². The zero-order valence-corrected chi connectivity index (χ0v) is 11.1. The highest BCUT2D eigenvalue weighted by atomic mass is 35.5. The Bertz CT molecular complexity index is 422. The molecule has 2 unspecified atom stereocenters. The van der Waals surface area contributed by atoms with Gasteiger partial charge in [-0.15, -0.1) is 0 Å². The van der Waals surface area contributed by atoms with E-state index in [4.69, 9.17) is 11.6 Å². The Labute approximate surface area is 106 Å². The number of aryl methyl sites for hydroxylation is 1. The third-order valence-electron chi connectivity index (χ3n) is 3.60. The number of anilines is 1. The van der Waals surface area contributed by atoms with Crippen LogP contribution in [-0.2, 0) is 6.42 Å². The molecule has 2 rings (SSSR count). The lowest BCUT2D eigenvalue weighted by molar-refractivity contribution is -0.0511. The maximum Gasteiger partial charge on any atom is 0.134 e. The van der Waals surface area contributed by atoms with Gasteiger partial charge in [0.2, 0.25) is 0 Å². The van der Waals surface area contributed by atoms with Crippen LogP contribution < -0.4 is 5.32 Å². The Morgan fingerprint density at radius 1 is 1.53 bits per heavy atom. The molecule has 0 spiro atoms. The first kappa shape index (κ1) is 12.6. The quantitative estimate of drug-likeness (QED) is 0.814. The minimum absolute atomic E-state index is 0.121. The van der Waals surface area contributed by atoms with E-state index in [1.165, 1.54) is 0 Å². The van der Waals surface area contributed by atoms with Gasteiger partial charge in [-0.1, -0.05) is 32.4 Å². The normalized spacial score (nSPS) is 26.4. The van der Waals surface area contributed by atoms with Crippen LogP contribution in [0.1, 0.15) is 33.0 Å². The number of nitrogens with one attached hydrogen (secondary N) is 1. The molecule has 0 radical (unpaired) electrons. The highest BCUT2D eigenvalue weighted by molar-refractivity contribution is 6.29. The highest BCUT2D eigenvalue weighted by Crippen LogP contribution is 2.42. The van der Waals surface area contributed by atoms with E-state index in [0.717, 1.165) is 24.5 Å². The molecular formula is C12H18ClN3O. The number of halogens is 1. The maximum atomic E-state index is 9.68. The first-order valence-electron chi connectivity index (χ1n) is 5.91. The lowest BCUT2D eigenvalue weighted by atomic mass is 9.64. The summed E-state index contributed by atoms with van der Waals surface area (Å²) in [5, 5.41) is 13.5. The van der Waals surface area contributed by atoms with Gasteiger partial charge in [0.25, 0.3) is 0 Å². The summed E-state index contributed by atoms with van der Waals surface area (Å²) >= 11 is 5.93. The van der Waals surface area contributed by atoms with Gasteiger partial charge in [0.05, 0.1) is 6.10 Å². The van der Waals surface area contributed by atoms with Crippen LogP contribution in [0.4, 0.5) is 5.82 Å². The third kappa shape index (κ3) is 2.38. The van der Waals surface area contributed by atoms with Gasteiger partial charge in [-0.05, 0) is 6.42 Å². The average Bonchev–Trinajstić information content (AvgIpc) is 2.28. The molecule has 1 fully saturated rings. The summed E-state index contributed by atoms with van der Waals surface area (Å²) in [5.41, 5.74) is -0.121. The number of nitrogens with zero attached hydrogens (tertiary/aromatic N) is 2. The number of aromatic nitrogens is 2. The molecule has 1 heterocycles. The second-order valence-corrected chi connectivity index (χ2v) is 5.50. The first-order chi connectivity index (χ1) is 7.93. The van der Waals surface area contributed by atoms with Crippen molar-refractivity contribution < 1.29 is 5.11 Å². The third-order valence-corrected chi connectivity index (χ3v) is 3.79. The maximum absolute atomic E-state index is 9.68. The van der Waals surface area contributed by atoms with Crippen LogP contribution in [0.2, 0.25) is 5.15 Å². The Kier molecular flexibility index (Phi) is 3.27. The Balaban J connectivity index is 2.12. The Morgan fingerprint density at radius 3 is 2.76 bits per heavy atom. The summed E-state index contributed by atoms with van der Waals surface area (Å²) in [4.78, 5) is 8.50. The van der Waals surface area contributed by atoms with Crippen LogP contribution in [0.3, 0.4) is 0 Å². The SMILES string of the molecule is CCc1nc(Cl)cc(NC2CC(O)C2(C)C)n1. The molecule has 4 nitrogen and oxygen atoms in total. The van der Waals surface area contributed by atoms with E-state index in [0.29, 0.717) is 5.15 Å². The van der Waals surface area contributed by atoms with Crippen LogP contribution >= 0.6 is 11.6 Å². The Morgan fingerprint density at radius 2 is 2.24 bits per heavy atom. The van der Waals surface area contributed by atoms with E-state index in [1.54, 1.807) is 6.07 Å². The van der Waals surface area contributed by atoms with Crippen LogP contribution in [-0.4, -0.2) is 27.2 Å². The van der Waals surface area contributed by atoms with Gasteiger partial charge in [-0.25, -0.2) is 9.97 Å². The molecule has 2 N–H and O–H groups in total. The summed E-state index contributed by atoms with van der Waals surface area (Å²) in [6.07, 6.45) is 1.25. The molecule has 0 aliphatic heterocycles. The van der Waals surface area contributed by atoms with Crippen molar-refractivity contribution in [2.45, 2.75) is 45.8 Å². The van der Waals surface area contributed by atoms with E-state index >= 15 is 0 Å². The molecule has 1 aliphatic rings. The zero-order chi connectivity index (χ0) is 12.6. The molecule has 5 heteroatoms. The molecule has 1 aromatic rings. The van der Waals surface area contributed by atoms with Crippen LogP contribution in [0.15, 0.2) is 6.07 Å². The van der Waals surface area contributed by atoms with Crippen molar-refractivity contribution in [2.75, 3.05) is 5.32 Å². The minimum Gasteiger partial charge on any atom is -0.392 e. The Hall–Kier alpha value is -0.870. The lowest BCUT2D eigenvalue weighted by Crippen LogP contribution is -2.57. The van der Waals surface area contributed by atoms with Gasteiger partial charge in [0, 0.05) is 23.9 Å². The van der Waals surface area contributed by atoms with Crippen LogP contribution in [0.5, 0.6) is 0 Å². The predicted molar refractivity (Wildman–Crippen MR) is 68.2 cm³/mol. The summed E-state index contributed by atoms with van der Waals surface area (Å²) < 4.78 is 0. The van der Waals surface area contributed by atoms with Gasteiger partial charge >= 0.3 is 0 Å². The number of rotatable bonds is 3. The smallest absolute Gasteiger partial charge is 0.134 e. The fraction of sp³-hybridized carbons (Fsp3) is 0.667. The van der Waals surface area contributed by atoms with Gasteiger partial charge in [-0.2, -0.15) is 0 Å². The summed E-state index contributed by atoms with van der Waals surface area (Å²) in [6, 6.07) is 1.95. The first-order valence-corrected chi connectivity index (χ1v) is 6.29. The van der Waals surface area contributed by atoms with Crippen molar-refractivity contribution in [1.82, 2.24) is 9.97 Å². The lowest BCUT2D eigenvalue weighted by Gasteiger charge is -2.49. The number of hydrogen-bond donors (Lipinski definition) is 2. The number of aliphatic hydroxyl groups is 1. The van der Waals surface area contributed by atoms with Gasteiger partial charge in [0.15, 0.2) is 0 Å². The van der Waals surface area contributed by atoms with E-state index in [-0.39, 0.29) is 17.6 Å². The fourth-order valence-corrected chi connectivity index (χ4v) is 2.22. The molecule has 0 saturated heterocycles. The van der Waals surface area contributed by atoms with Gasteiger partial charge in [0.1, 0.15) is 16.8 Å².